The number of aromatic amines is 1. The van der Waals surface area contributed by atoms with E-state index in [2.05, 4.69) is 16.9 Å². The number of nitrogens with zero attached hydrogens (tertiary/aromatic N) is 1. The van der Waals surface area contributed by atoms with Gasteiger partial charge in [-0.25, -0.2) is 4.98 Å². The first kappa shape index (κ1) is 6.68. The lowest BCUT2D eigenvalue weighted by atomic mass is 10.7. The number of thioether (sulfide) groups is 1. The Kier molecular flexibility index (Phi) is 2.64. The van der Waals surface area contributed by atoms with E-state index in [0.717, 1.165) is 17.3 Å². The number of hydrogen-bond acceptors (Lipinski definition) is 2. The summed E-state index contributed by atoms with van der Waals surface area (Å²) in [4.78, 5) is 7.12. The van der Waals surface area contributed by atoms with Gasteiger partial charge in [0.1, 0.15) is 5.82 Å². The first-order chi connectivity index (χ1) is 4.43. The fourth-order valence-electron chi connectivity index (χ4n) is 0.576. The zero-order valence-electron chi connectivity index (χ0n) is 5.42. The van der Waals surface area contributed by atoms with Crippen molar-refractivity contribution in [2.45, 2.75) is 12.7 Å². The van der Waals surface area contributed by atoms with E-state index in [0.29, 0.717) is 0 Å². The summed E-state index contributed by atoms with van der Waals surface area (Å²) >= 11 is 1.87. The van der Waals surface area contributed by atoms with Crippen LogP contribution in [-0.2, 0) is 5.75 Å². The van der Waals surface area contributed by atoms with Crippen molar-refractivity contribution in [3.05, 3.63) is 18.2 Å². The molecule has 1 aromatic heterocycles. The van der Waals surface area contributed by atoms with E-state index in [1.165, 1.54) is 0 Å². The number of rotatable bonds is 3. The third kappa shape index (κ3) is 2.10. The summed E-state index contributed by atoms with van der Waals surface area (Å²) in [6.45, 7) is 2.15. The van der Waals surface area contributed by atoms with Crippen molar-refractivity contribution in [3.63, 3.8) is 0 Å². The van der Waals surface area contributed by atoms with Crippen molar-refractivity contribution in [2.24, 2.45) is 0 Å². The Balaban J connectivity index is 2.30. The van der Waals surface area contributed by atoms with Gasteiger partial charge in [0.15, 0.2) is 0 Å². The van der Waals surface area contributed by atoms with Crippen LogP contribution < -0.4 is 0 Å². The molecule has 0 fully saturated rings. The van der Waals surface area contributed by atoms with Crippen LogP contribution in [0.5, 0.6) is 0 Å². The zero-order chi connectivity index (χ0) is 6.53. The monoisotopic (exact) mass is 142 g/mol. The van der Waals surface area contributed by atoms with Crippen LogP contribution in [0.4, 0.5) is 0 Å². The zero-order valence-corrected chi connectivity index (χ0v) is 6.24. The van der Waals surface area contributed by atoms with E-state index in [9.17, 15) is 0 Å². The lowest BCUT2D eigenvalue weighted by Crippen LogP contribution is -1.82. The van der Waals surface area contributed by atoms with Gasteiger partial charge in [0.2, 0.25) is 0 Å². The third-order valence-electron chi connectivity index (χ3n) is 0.998. The van der Waals surface area contributed by atoms with Gasteiger partial charge in [0.05, 0.1) is 5.75 Å². The minimum atomic E-state index is 1.00. The van der Waals surface area contributed by atoms with Gasteiger partial charge in [-0.2, -0.15) is 11.8 Å². The second kappa shape index (κ2) is 3.56. The Morgan fingerprint density at radius 2 is 2.67 bits per heavy atom. The summed E-state index contributed by atoms with van der Waals surface area (Å²) in [7, 11) is 0. The number of hydrogen-bond donors (Lipinski definition) is 1. The highest BCUT2D eigenvalue weighted by Gasteiger charge is 1.90. The van der Waals surface area contributed by atoms with E-state index < -0.39 is 0 Å². The van der Waals surface area contributed by atoms with Crippen molar-refractivity contribution in [1.29, 1.82) is 0 Å². The maximum absolute atomic E-state index is 4.08. The molecule has 0 atom stereocenters. The van der Waals surface area contributed by atoms with E-state index in [1.54, 1.807) is 6.20 Å². The fraction of sp³-hybridized carbons (Fsp3) is 0.500. The molecular formula is C6H10N2S. The molecule has 0 unspecified atom stereocenters. The van der Waals surface area contributed by atoms with Crippen LogP contribution in [0.15, 0.2) is 12.4 Å². The molecule has 3 heteroatoms. The topological polar surface area (TPSA) is 28.7 Å². The van der Waals surface area contributed by atoms with E-state index in [-0.39, 0.29) is 0 Å². The number of nitrogens with one attached hydrogen (secondary N) is 1. The molecule has 1 heterocycles. The molecule has 9 heavy (non-hydrogen) atoms. The summed E-state index contributed by atoms with van der Waals surface area (Å²) in [5.74, 6) is 3.23. The standard InChI is InChI=1S/C6H10N2S/c1-2-9-5-6-7-3-4-8-6/h3-4H,2,5H2,1H3,(H,7,8). The molecule has 0 bridgehead atoms. The maximum Gasteiger partial charge on any atom is 0.116 e. The lowest BCUT2D eigenvalue weighted by Gasteiger charge is -1.90. The van der Waals surface area contributed by atoms with Crippen molar-refractivity contribution in [3.8, 4) is 0 Å². The van der Waals surface area contributed by atoms with Crippen LogP contribution >= 0.6 is 11.8 Å². The number of H-pyrrole nitrogens is 1. The van der Waals surface area contributed by atoms with Gasteiger partial charge in [-0.05, 0) is 5.75 Å². The van der Waals surface area contributed by atoms with Gasteiger partial charge in [-0.15, -0.1) is 0 Å². The van der Waals surface area contributed by atoms with Crippen LogP contribution in [0.25, 0.3) is 0 Å². The molecule has 50 valence electrons. The second-order valence-corrected chi connectivity index (χ2v) is 2.95. The fourth-order valence-corrected chi connectivity index (χ4v) is 1.13. The highest BCUT2D eigenvalue weighted by atomic mass is 32.2. The Morgan fingerprint density at radius 1 is 1.78 bits per heavy atom. The summed E-state index contributed by atoms with van der Waals surface area (Å²) in [6, 6.07) is 0. The molecule has 1 aromatic rings. The van der Waals surface area contributed by atoms with E-state index in [1.807, 2.05) is 18.0 Å². The Labute approximate surface area is 59.1 Å². The molecule has 0 aliphatic rings. The summed E-state index contributed by atoms with van der Waals surface area (Å²) in [5, 5.41) is 0. The quantitative estimate of drug-likeness (QED) is 0.695. The molecule has 0 radical (unpaired) electrons. The van der Waals surface area contributed by atoms with Crippen molar-refractivity contribution >= 4 is 11.8 Å². The predicted octanol–water partition coefficient (Wildman–Crippen LogP) is 1.66. The highest BCUT2D eigenvalue weighted by Crippen LogP contribution is 2.05. The van der Waals surface area contributed by atoms with Crippen molar-refractivity contribution in [2.75, 3.05) is 5.75 Å². The molecule has 1 rings (SSSR count). The molecule has 0 saturated carbocycles. The van der Waals surface area contributed by atoms with Crippen LogP contribution in [0.2, 0.25) is 0 Å². The Bertz CT molecular complexity index is 148. The van der Waals surface area contributed by atoms with Gasteiger partial charge in [0.25, 0.3) is 0 Å². The minimum Gasteiger partial charge on any atom is -0.348 e. The average Bonchev–Trinajstić information content (AvgIpc) is 2.34. The number of aromatic nitrogens is 2. The number of imidazole rings is 1. The minimum absolute atomic E-state index is 1.00. The molecule has 2 nitrogen and oxygen atoms in total. The van der Waals surface area contributed by atoms with Gasteiger partial charge >= 0.3 is 0 Å². The van der Waals surface area contributed by atoms with E-state index >= 15 is 0 Å². The molecule has 0 spiro atoms. The first-order valence-electron chi connectivity index (χ1n) is 2.99. The van der Waals surface area contributed by atoms with Gasteiger partial charge < -0.3 is 4.98 Å². The van der Waals surface area contributed by atoms with Crippen molar-refractivity contribution < 1.29 is 0 Å². The summed E-state index contributed by atoms with van der Waals surface area (Å²) < 4.78 is 0. The molecule has 0 aliphatic heterocycles. The smallest absolute Gasteiger partial charge is 0.116 e. The average molecular weight is 142 g/mol. The SMILES string of the molecule is CCSCc1ncc[nH]1. The Morgan fingerprint density at radius 3 is 3.22 bits per heavy atom. The largest absolute Gasteiger partial charge is 0.348 e. The third-order valence-corrected chi connectivity index (χ3v) is 1.88. The molecule has 0 saturated heterocycles. The normalized spacial score (nSPS) is 9.89. The molecule has 0 aromatic carbocycles. The first-order valence-corrected chi connectivity index (χ1v) is 4.15. The molecule has 0 aliphatic carbocycles. The van der Waals surface area contributed by atoms with Gasteiger partial charge in [-0.1, -0.05) is 6.92 Å². The summed E-state index contributed by atoms with van der Waals surface area (Å²) in [6.07, 6.45) is 3.64. The second-order valence-electron chi connectivity index (χ2n) is 1.67. The maximum atomic E-state index is 4.08. The van der Waals surface area contributed by atoms with Crippen molar-refractivity contribution in [1.82, 2.24) is 9.97 Å². The van der Waals surface area contributed by atoms with Crippen LogP contribution in [0, 0.1) is 0 Å². The molecule has 1 N–H and O–H groups in total. The summed E-state index contributed by atoms with van der Waals surface area (Å²) in [5.41, 5.74) is 0. The van der Waals surface area contributed by atoms with Crippen LogP contribution in [-0.4, -0.2) is 15.7 Å². The van der Waals surface area contributed by atoms with Crippen LogP contribution in [0.3, 0.4) is 0 Å². The molecular weight excluding hydrogens is 132 g/mol. The van der Waals surface area contributed by atoms with Gasteiger partial charge in [-0.3, -0.25) is 0 Å². The van der Waals surface area contributed by atoms with E-state index in [4.69, 9.17) is 0 Å². The highest BCUT2D eigenvalue weighted by molar-refractivity contribution is 7.98. The van der Waals surface area contributed by atoms with Crippen LogP contribution in [0.1, 0.15) is 12.7 Å². The Hall–Kier alpha value is -0.440. The van der Waals surface area contributed by atoms with Gasteiger partial charge in [0, 0.05) is 12.4 Å². The lowest BCUT2D eigenvalue weighted by molar-refractivity contribution is 1.12. The predicted molar refractivity (Wildman–Crippen MR) is 40.4 cm³/mol. The molecule has 0 amide bonds.